The molecule has 0 spiro atoms. The Balaban J connectivity index is 1.50. The highest BCUT2D eigenvalue weighted by molar-refractivity contribution is 8.01. The van der Waals surface area contributed by atoms with Crippen LogP contribution < -0.4 is 14.8 Å². The van der Waals surface area contributed by atoms with E-state index in [0.717, 1.165) is 22.4 Å². The first-order valence-corrected chi connectivity index (χ1v) is 13.9. The summed E-state index contributed by atoms with van der Waals surface area (Å²) in [5, 5.41) is 4.01. The molecule has 0 saturated heterocycles. The van der Waals surface area contributed by atoms with Gasteiger partial charge in [0.1, 0.15) is 24.6 Å². The minimum atomic E-state index is -4.44. The topological polar surface area (TPSA) is 105 Å². The molecular weight excluding hydrogens is 581 g/mol. The monoisotopic (exact) mass is 608 g/mol. The Morgan fingerprint density at radius 1 is 0.976 bits per heavy atom. The number of thiazole rings is 1. The Kier molecular flexibility index (Phi) is 10.4. The van der Waals surface area contributed by atoms with Crippen LogP contribution in [0.4, 0.5) is 18.9 Å². The number of methoxy groups -OCH3 is 2. The Morgan fingerprint density at radius 2 is 1.63 bits per heavy atom. The Hall–Kier alpha value is -3.46. The molecule has 0 unspecified atom stereocenters. The number of rotatable bonds is 13. The number of fused-ring (bicyclic) bond motifs is 1. The molecule has 4 rings (SSSR count). The molecule has 14 heteroatoms. The lowest BCUT2D eigenvalue weighted by Crippen LogP contribution is -2.14. The van der Waals surface area contributed by atoms with Crippen molar-refractivity contribution in [2.45, 2.75) is 28.9 Å². The second-order valence-electron chi connectivity index (χ2n) is 8.57. The van der Waals surface area contributed by atoms with Gasteiger partial charge in [0.05, 0.1) is 36.4 Å². The number of alkyl halides is 3. The number of nitrogens with one attached hydrogen (secondary N) is 1. The van der Waals surface area contributed by atoms with Gasteiger partial charge in [0, 0.05) is 36.2 Å². The van der Waals surface area contributed by atoms with E-state index in [2.05, 4.69) is 20.3 Å². The number of hydrogen-bond acceptors (Lipinski definition) is 10. The van der Waals surface area contributed by atoms with Crippen molar-refractivity contribution in [1.82, 2.24) is 15.0 Å². The zero-order valence-corrected chi connectivity index (χ0v) is 24.0. The van der Waals surface area contributed by atoms with E-state index >= 15 is 0 Å². The molecule has 218 valence electrons. The zero-order chi connectivity index (χ0) is 29.4. The summed E-state index contributed by atoms with van der Waals surface area (Å²) >= 11 is 2.67. The molecule has 2 aromatic carbocycles. The van der Waals surface area contributed by atoms with Crippen LogP contribution in [0.2, 0.25) is 0 Å². The van der Waals surface area contributed by atoms with Gasteiger partial charge in [-0.15, -0.1) is 11.3 Å². The van der Waals surface area contributed by atoms with Crippen LogP contribution in [0, 0.1) is 6.92 Å². The lowest BCUT2D eigenvalue weighted by molar-refractivity contribution is -0.137. The molecule has 0 aliphatic carbocycles. The third kappa shape index (κ3) is 8.28. The van der Waals surface area contributed by atoms with Crippen LogP contribution in [0.1, 0.15) is 16.1 Å². The van der Waals surface area contributed by atoms with Gasteiger partial charge in [-0.05, 0) is 49.0 Å². The molecular formula is C27H27F3N4O5S2. The van der Waals surface area contributed by atoms with Crippen LogP contribution in [0.15, 0.2) is 52.1 Å². The van der Waals surface area contributed by atoms with Gasteiger partial charge in [-0.3, -0.25) is 4.79 Å². The molecule has 41 heavy (non-hydrogen) atoms. The van der Waals surface area contributed by atoms with Crippen molar-refractivity contribution in [1.29, 1.82) is 0 Å². The quantitative estimate of drug-likeness (QED) is 0.149. The van der Waals surface area contributed by atoms with Gasteiger partial charge in [0.15, 0.2) is 15.8 Å². The number of ether oxygens (including phenoxy) is 4. The lowest BCUT2D eigenvalue weighted by atomic mass is 10.2. The molecule has 0 aliphatic heterocycles. The highest BCUT2D eigenvalue weighted by Crippen LogP contribution is 2.39. The lowest BCUT2D eigenvalue weighted by Gasteiger charge is -2.14. The van der Waals surface area contributed by atoms with E-state index in [4.69, 9.17) is 18.9 Å². The van der Waals surface area contributed by atoms with Gasteiger partial charge in [-0.1, -0.05) is 0 Å². The van der Waals surface area contributed by atoms with E-state index in [9.17, 15) is 18.0 Å². The van der Waals surface area contributed by atoms with E-state index in [0.29, 0.717) is 58.5 Å². The fourth-order valence-electron chi connectivity index (χ4n) is 3.60. The van der Waals surface area contributed by atoms with Crippen molar-refractivity contribution in [2.24, 2.45) is 0 Å². The minimum absolute atomic E-state index is 0.0231. The summed E-state index contributed by atoms with van der Waals surface area (Å²) in [6, 6.07) is 7.90. The molecule has 0 bridgehead atoms. The van der Waals surface area contributed by atoms with Crippen LogP contribution in [-0.4, -0.2) is 61.5 Å². The molecule has 9 nitrogen and oxygen atoms in total. The molecule has 0 atom stereocenters. The molecule has 2 heterocycles. The summed E-state index contributed by atoms with van der Waals surface area (Å²) in [4.78, 5) is 26.8. The number of halogens is 3. The second kappa shape index (κ2) is 13.9. The maximum atomic E-state index is 12.8. The number of amides is 1. The Labute approximate surface area is 242 Å². The summed E-state index contributed by atoms with van der Waals surface area (Å²) in [6.45, 7) is 3.26. The largest absolute Gasteiger partial charge is 0.487 e. The first-order chi connectivity index (χ1) is 19.7. The van der Waals surface area contributed by atoms with Crippen molar-refractivity contribution in [3.05, 3.63) is 58.9 Å². The number of hydrogen-bond donors (Lipinski definition) is 1. The fourth-order valence-corrected chi connectivity index (χ4v) is 5.82. The predicted octanol–water partition coefficient (Wildman–Crippen LogP) is 5.80. The van der Waals surface area contributed by atoms with E-state index in [1.165, 1.54) is 41.6 Å². The van der Waals surface area contributed by atoms with Crippen LogP contribution in [-0.2, 0) is 26.9 Å². The van der Waals surface area contributed by atoms with E-state index in [-0.39, 0.29) is 18.0 Å². The average Bonchev–Trinajstić information content (AvgIpc) is 3.27. The van der Waals surface area contributed by atoms with Gasteiger partial charge in [0.25, 0.3) is 0 Å². The molecule has 0 saturated carbocycles. The van der Waals surface area contributed by atoms with Gasteiger partial charge in [-0.25, -0.2) is 15.0 Å². The van der Waals surface area contributed by atoms with Gasteiger partial charge >= 0.3 is 6.18 Å². The summed E-state index contributed by atoms with van der Waals surface area (Å²) < 4.78 is 60.9. The van der Waals surface area contributed by atoms with Gasteiger partial charge in [-0.2, -0.15) is 13.2 Å². The van der Waals surface area contributed by atoms with Crippen molar-refractivity contribution in [3.8, 4) is 11.5 Å². The molecule has 1 amide bonds. The molecule has 0 radical (unpaired) electrons. The highest BCUT2D eigenvalue weighted by Gasteiger charge is 2.30. The van der Waals surface area contributed by atoms with Gasteiger partial charge < -0.3 is 24.3 Å². The number of aryl methyl sites for hydroxylation is 1. The van der Waals surface area contributed by atoms with E-state index in [1.807, 2.05) is 6.07 Å². The second-order valence-corrected chi connectivity index (χ2v) is 10.9. The van der Waals surface area contributed by atoms with E-state index < -0.39 is 11.7 Å². The molecule has 4 aromatic rings. The third-order valence-corrected chi connectivity index (χ3v) is 7.87. The summed E-state index contributed by atoms with van der Waals surface area (Å²) in [5.41, 5.74) is 0.826. The number of nitrogens with zero attached hydrogens (tertiary/aromatic N) is 3. The SMILES string of the molecule is COCCOc1cc2ncnc(Sc3nc(C)c(CC(=O)Nc4ccc(C(F)(F)F)cc4)s3)c2cc1OCCOC. The standard InChI is InChI=1S/C27H27F3N4O5S2/c1-16-23(14-24(35)34-18-6-4-17(5-7-18)27(28,29)30)40-26(33-16)41-25-19-12-21(38-10-8-36-2)22(39-11-9-37-3)13-20(19)31-15-32-25/h4-7,12-13,15H,8-11,14H2,1-3H3,(H,34,35). The Bertz CT molecular complexity index is 1480. The summed E-state index contributed by atoms with van der Waals surface area (Å²) in [5.74, 6) is 0.671. The van der Waals surface area contributed by atoms with Crippen molar-refractivity contribution in [3.63, 3.8) is 0 Å². The normalized spacial score (nSPS) is 11.6. The summed E-state index contributed by atoms with van der Waals surface area (Å²) in [7, 11) is 3.18. The minimum Gasteiger partial charge on any atom is -0.487 e. The number of carbonyl (C=O) groups excluding carboxylic acids is 1. The third-order valence-electron chi connectivity index (χ3n) is 5.63. The van der Waals surface area contributed by atoms with Crippen LogP contribution in [0.5, 0.6) is 11.5 Å². The smallest absolute Gasteiger partial charge is 0.416 e. The van der Waals surface area contributed by atoms with Crippen molar-refractivity contribution in [2.75, 3.05) is 46.0 Å². The molecule has 2 aromatic heterocycles. The number of carbonyl (C=O) groups is 1. The highest BCUT2D eigenvalue weighted by atomic mass is 32.2. The summed E-state index contributed by atoms with van der Waals surface area (Å²) in [6.07, 6.45) is -2.96. The van der Waals surface area contributed by atoms with Crippen LogP contribution in [0.25, 0.3) is 10.9 Å². The Morgan fingerprint density at radius 3 is 2.27 bits per heavy atom. The van der Waals surface area contributed by atoms with Crippen molar-refractivity contribution < 1.29 is 36.9 Å². The maximum absolute atomic E-state index is 12.8. The number of benzene rings is 2. The molecule has 0 aliphatic rings. The maximum Gasteiger partial charge on any atom is 0.416 e. The van der Waals surface area contributed by atoms with Crippen molar-refractivity contribution >= 4 is 45.6 Å². The first-order valence-electron chi connectivity index (χ1n) is 12.3. The zero-order valence-electron chi connectivity index (χ0n) is 22.4. The van der Waals surface area contributed by atoms with Gasteiger partial charge in [0.2, 0.25) is 5.91 Å². The fraction of sp³-hybridized carbons (Fsp3) is 0.333. The van der Waals surface area contributed by atoms with Crippen LogP contribution in [0.3, 0.4) is 0 Å². The predicted molar refractivity (Wildman–Crippen MR) is 149 cm³/mol. The number of aromatic nitrogens is 3. The first kappa shape index (κ1) is 30.5. The average molecular weight is 609 g/mol. The van der Waals surface area contributed by atoms with E-state index in [1.54, 1.807) is 27.2 Å². The van der Waals surface area contributed by atoms with Crippen LogP contribution >= 0.6 is 23.1 Å². The molecule has 1 N–H and O–H groups in total. The number of anilines is 1. The molecule has 0 fully saturated rings.